The van der Waals surface area contributed by atoms with Crippen LogP contribution < -0.4 is 10.2 Å². The van der Waals surface area contributed by atoms with Crippen molar-refractivity contribution < 1.29 is 0 Å². The molecular weight excluding hydrogens is 244 g/mol. The monoisotopic (exact) mass is 272 g/mol. The molecule has 1 saturated heterocycles. The van der Waals surface area contributed by atoms with Gasteiger partial charge in [-0.2, -0.15) is 0 Å². The molecule has 110 valence electrons. The molecule has 1 atom stereocenters. The number of nitrogens with zero attached hydrogens (tertiary/aromatic N) is 1. The molecule has 0 amide bonds. The summed E-state index contributed by atoms with van der Waals surface area (Å²) in [5, 5.41) is 3.69. The van der Waals surface area contributed by atoms with Crippen LogP contribution in [0.1, 0.15) is 56.6 Å². The van der Waals surface area contributed by atoms with E-state index in [0.717, 1.165) is 18.6 Å². The molecule has 0 radical (unpaired) electrons. The standard InChI is InChI=1S/C18H28N2/c1-3-17-6-4-5-11-20(17)18-10-7-14(2)12-15(18)13-19-16-8-9-16/h7,10,12,16-17,19H,3-6,8-9,11,13H2,1-2H3. The van der Waals surface area contributed by atoms with E-state index in [9.17, 15) is 0 Å². The van der Waals surface area contributed by atoms with Crippen LogP contribution in [0.5, 0.6) is 0 Å². The van der Waals surface area contributed by atoms with Gasteiger partial charge in [-0.25, -0.2) is 0 Å². The minimum absolute atomic E-state index is 0.742. The van der Waals surface area contributed by atoms with Crippen molar-refractivity contribution in [3.63, 3.8) is 0 Å². The fourth-order valence-corrected chi connectivity index (χ4v) is 3.42. The van der Waals surface area contributed by atoms with E-state index in [0.29, 0.717) is 0 Å². The highest BCUT2D eigenvalue weighted by Crippen LogP contribution is 2.30. The average molecular weight is 272 g/mol. The summed E-state index contributed by atoms with van der Waals surface area (Å²) >= 11 is 0. The molecule has 0 bridgehead atoms. The molecule has 1 N–H and O–H groups in total. The molecule has 2 fully saturated rings. The maximum absolute atomic E-state index is 3.69. The first-order valence-corrected chi connectivity index (χ1v) is 8.37. The van der Waals surface area contributed by atoms with Gasteiger partial charge in [0.15, 0.2) is 0 Å². The van der Waals surface area contributed by atoms with Crippen LogP contribution in [0.25, 0.3) is 0 Å². The second kappa shape index (κ2) is 6.17. The van der Waals surface area contributed by atoms with Crippen LogP contribution in [-0.4, -0.2) is 18.6 Å². The first kappa shape index (κ1) is 13.9. The van der Waals surface area contributed by atoms with Crippen LogP contribution in [0.3, 0.4) is 0 Å². The Morgan fingerprint density at radius 3 is 2.80 bits per heavy atom. The number of hydrogen-bond donors (Lipinski definition) is 1. The SMILES string of the molecule is CCC1CCCCN1c1ccc(C)cc1CNC1CC1. The lowest BCUT2D eigenvalue weighted by Crippen LogP contribution is -2.40. The van der Waals surface area contributed by atoms with Gasteiger partial charge in [-0.1, -0.05) is 24.6 Å². The van der Waals surface area contributed by atoms with E-state index in [1.165, 1.54) is 61.9 Å². The van der Waals surface area contributed by atoms with E-state index < -0.39 is 0 Å². The van der Waals surface area contributed by atoms with Gasteiger partial charge in [0, 0.05) is 30.9 Å². The second-order valence-corrected chi connectivity index (χ2v) is 6.54. The zero-order valence-corrected chi connectivity index (χ0v) is 13.0. The third kappa shape index (κ3) is 3.17. The summed E-state index contributed by atoms with van der Waals surface area (Å²) < 4.78 is 0. The summed E-state index contributed by atoms with van der Waals surface area (Å²) in [4.78, 5) is 2.67. The second-order valence-electron chi connectivity index (χ2n) is 6.54. The molecule has 1 aliphatic carbocycles. The highest BCUT2D eigenvalue weighted by molar-refractivity contribution is 5.56. The Hall–Kier alpha value is -1.02. The smallest absolute Gasteiger partial charge is 0.0414 e. The zero-order valence-electron chi connectivity index (χ0n) is 13.0. The van der Waals surface area contributed by atoms with Gasteiger partial charge >= 0.3 is 0 Å². The summed E-state index contributed by atoms with van der Waals surface area (Å²) in [6.07, 6.45) is 8.10. The van der Waals surface area contributed by atoms with E-state index in [-0.39, 0.29) is 0 Å². The first-order chi connectivity index (χ1) is 9.78. The lowest BCUT2D eigenvalue weighted by atomic mass is 9.97. The molecule has 1 aliphatic heterocycles. The third-order valence-corrected chi connectivity index (χ3v) is 4.80. The van der Waals surface area contributed by atoms with Crippen LogP contribution in [0, 0.1) is 6.92 Å². The Morgan fingerprint density at radius 1 is 1.20 bits per heavy atom. The minimum atomic E-state index is 0.742. The number of benzene rings is 1. The van der Waals surface area contributed by atoms with Crippen molar-refractivity contribution in [1.29, 1.82) is 0 Å². The predicted molar refractivity (Wildman–Crippen MR) is 86.3 cm³/mol. The maximum atomic E-state index is 3.69. The fraction of sp³-hybridized carbons (Fsp3) is 0.667. The molecule has 1 heterocycles. The van der Waals surface area contributed by atoms with E-state index in [1.807, 2.05) is 0 Å². The molecule has 2 aliphatic rings. The van der Waals surface area contributed by atoms with Gasteiger partial charge in [0.2, 0.25) is 0 Å². The van der Waals surface area contributed by atoms with Gasteiger partial charge in [-0.05, 0) is 57.1 Å². The molecule has 1 aromatic rings. The highest BCUT2D eigenvalue weighted by Gasteiger charge is 2.24. The van der Waals surface area contributed by atoms with Gasteiger partial charge in [0.25, 0.3) is 0 Å². The average Bonchev–Trinajstić information content (AvgIpc) is 3.29. The summed E-state index contributed by atoms with van der Waals surface area (Å²) in [5.41, 5.74) is 4.36. The van der Waals surface area contributed by atoms with Crippen molar-refractivity contribution >= 4 is 5.69 Å². The number of rotatable bonds is 5. The fourth-order valence-electron chi connectivity index (χ4n) is 3.42. The normalized spacial score (nSPS) is 23.1. The summed E-state index contributed by atoms with van der Waals surface area (Å²) in [6.45, 7) is 6.81. The highest BCUT2D eigenvalue weighted by atomic mass is 15.2. The zero-order chi connectivity index (χ0) is 13.9. The van der Waals surface area contributed by atoms with Crippen molar-refractivity contribution in [3.8, 4) is 0 Å². The Balaban J connectivity index is 1.81. The van der Waals surface area contributed by atoms with Crippen LogP contribution in [0.15, 0.2) is 18.2 Å². The molecular formula is C18H28N2. The summed E-state index contributed by atoms with van der Waals surface area (Å²) in [7, 11) is 0. The lowest BCUT2D eigenvalue weighted by molar-refractivity contribution is 0.448. The van der Waals surface area contributed by atoms with Crippen molar-refractivity contribution in [1.82, 2.24) is 5.32 Å². The minimum Gasteiger partial charge on any atom is -0.368 e. The number of aryl methyl sites for hydroxylation is 1. The third-order valence-electron chi connectivity index (χ3n) is 4.80. The number of anilines is 1. The van der Waals surface area contributed by atoms with Crippen molar-refractivity contribution in [3.05, 3.63) is 29.3 Å². The summed E-state index contributed by atoms with van der Waals surface area (Å²) in [5.74, 6) is 0. The molecule has 1 unspecified atom stereocenters. The van der Waals surface area contributed by atoms with E-state index in [4.69, 9.17) is 0 Å². The Bertz CT molecular complexity index is 451. The lowest BCUT2D eigenvalue weighted by Gasteiger charge is -2.38. The van der Waals surface area contributed by atoms with Gasteiger partial charge in [-0.3, -0.25) is 0 Å². The van der Waals surface area contributed by atoms with Gasteiger partial charge in [0.1, 0.15) is 0 Å². The molecule has 0 spiro atoms. The molecule has 2 nitrogen and oxygen atoms in total. The Kier molecular flexibility index (Phi) is 4.30. The number of nitrogens with one attached hydrogen (secondary N) is 1. The van der Waals surface area contributed by atoms with E-state index >= 15 is 0 Å². The van der Waals surface area contributed by atoms with Crippen molar-refractivity contribution in [2.24, 2.45) is 0 Å². The van der Waals surface area contributed by atoms with E-state index in [2.05, 4.69) is 42.3 Å². The van der Waals surface area contributed by atoms with Crippen molar-refractivity contribution in [2.75, 3.05) is 11.4 Å². The molecule has 0 aromatic heterocycles. The first-order valence-electron chi connectivity index (χ1n) is 8.37. The van der Waals surface area contributed by atoms with Crippen molar-refractivity contribution in [2.45, 2.75) is 71.0 Å². The molecule has 20 heavy (non-hydrogen) atoms. The van der Waals surface area contributed by atoms with E-state index in [1.54, 1.807) is 0 Å². The quantitative estimate of drug-likeness (QED) is 0.871. The largest absolute Gasteiger partial charge is 0.368 e. The topological polar surface area (TPSA) is 15.3 Å². The van der Waals surface area contributed by atoms with Crippen LogP contribution in [0.2, 0.25) is 0 Å². The van der Waals surface area contributed by atoms with Crippen LogP contribution in [0.4, 0.5) is 5.69 Å². The number of hydrogen-bond acceptors (Lipinski definition) is 2. The summed E-state index contributed by atoms with van der Waals surface area (Å²) in [6, 6.07) is 8.54. The van der Waals surface area contributed by atoms with Gasteiger partial charge in [0.05, 0.1) is 0 Å². The molecule has 3 rings (SSSR count). The molecule has 2 heteroatoms. The Labute approximate surface area is 123 Å². The van der Waals surface area contributed by atoms with Gasteiger partial charge in [-0.15, -0.1) is 0 Å². The van der Waals surface area contributed by atoms with Crippen LogP contribution >= 0.6 is 0 Å². The predicted octanol–water partition coefficient (Wildman–Crippen LogP) is 4.02. The number of piperidine rings is 1. The Morgan fingerprint density at radius 2 is 2.05 bits per heavy atom. The molecule has 1 aromatic carbocycles. The maximum Gasteiger partial charge on any atom is 0.0414 e. The van der Waals surface area contributed by atoms with Crippen LogP contribution in [-0.2, 0) is 6.54 Å². The molecule has 1 saturated carbocycles. The van der Waals surface area contributed by atoms with Gasteiger partial charge < -0.3 is 10.2 Å².